The van der Waals surface area contributed by atoms with Crippen LogP contribution in [0.5, 0.6) is 5.75 Å². The molecule has 24 heavy (non-hydrogen) atoms. The van der Waals surface area contributed by atoms with Crippen molar-refractivity contribution < 1.29 is 19.1 Å². The summed E-state index contributed by atoms with van der Waals surface area (Å²) >= 11 is 0. The lowest BCUT2D eigenvalue weighted by Gasteiger charge is -2.22. The van der Waals surface area contributed by atoms with E-state index in [0.717, 1.165) is 25.7 Å². The van der Waals surface area contributed by atoms with Gasteiger partial charge in [-0.15, -0.1) is 0 Å². The molecular formula is C20H20O4. The summed E-state index contributed by atoms with van der Waals surface area (Å²) in [6.45, 7) is 0. The average Bonchev–Trinajstić information content (AvgIpc) is 2.63. The maximum atomic E-state index is 12.5. The molecule has 0 aliphatic heterocycles. The van der Waals surface area contributed by atoms with E-state index in [4.69, 9.17) is 9.47 Å². The molecule has 3 rings (SSSR count). The molecule has 4 nitrogen and oxygen atoms in total. The summed E-state index contributed by atoms with van der Waals surface area (Å²) in [5.74, 6) is -0.571. The van der Waals surface area contributed by atoms with Crippen LogP contribution >= 0.6 is 0 Å². The Bertz CT molecular complexity index is 703. The Labute approximate surface area is 141 Å². The Balaban J connectivity index is 1.74. The predicted octanol–water partition coefficient (Wildman–Crippen LogP) is 4.40. The highest BCUT2D eigenvalue weighted by Crippen LogP contribution is 2.22. The normalized spacial score (nSPS) is 14.8. The lowest BCUT2D eigenvalue weighted by Crippen LogP contribution is -2.23. The summed E-state index contributed by atoms with van der Waals surface area (Å²) in [5.41, 5.74) is 0.478. The van der Waals surface area contributed by atoms with Gasteiger partial charge >= 0.3 is 11.9 Å². The van der Waals surface area contributed by atoms with Crippen LogP contribution in [0.3, 0.4) is 0 Å². The largest absolute Gasteiger partial charge is 0.459 e. The molecule has 2 aromatic carbocycles. The van der Waals surface area contributed by atoms with Gasteiger partial charge in [-0.3, -0.25) is 0 Å². The van der Waals surface area contributed by atoms with Gasteiger partial charge in [0.05, 0.1) is 11.1 Å². The van der Waals surface area contributed by atoms with Crippen LogP contribution in [0.1, 0.15) is 52.8 Å². The van der Waals surface area contributed by atoms with Gasteiger partial charge in [-0.2, -0.15) is 0 Å². The molecule has 0 atom stereocenters. The molecule has 1 aliphatic carbocycles. The zero-order valence-electron chi connectivity index (χ0n) is 13.4. The van der Waals surface area contributed by atoms with Gasteiger partial charge in [0.25, 0.3) is 0 Å². The van der Waals surface area contributed by atoms with Crippen LogP contribution in [0, 0.1) is 0 Å². The molecule has 0 bridgehead atoms. The number of benzene rings is 2. The van der Waals surface area contributed by atoms with Gasteiger partial charge < -0.3 is 9.47 Å². The lowest BCUT2D eigenvalue weighted by atomic mass is 9.97. The SMILES string of the molecule is O=C(Oc1ccccc1)c1ccccc1C(=O)OC1CCCCC1. The number of para-hydroxylation sites is 1. The van der Waals surface area contributed by atoms with E-state index >= 15 is 0 Å². The van der Waals surface area contributed by atoms with Crippen LogP contribution in [0.2, 0.25) is 0 Å². The predicted molar refractivity (Wildman–Crippen MR) is 90.1 cm³/mol. The van der Waals surface area contributed by atoms with E-state index in [9.17, 15) is 9.59 Å². The zero-order valence-corrected chi connectivity index (χ0v) is 13.4. The first kappa shape index (κ1) is 16.2. The van der Waals surface area contributed by atoms with Crippen molar-refractivity contribution in [2.75, 3.05) is 0 Å². The standard InChI is InChI=1S/C20H20O4/c21-19(23-15-9-3-1-4-10-15)17-13-7-8-14-18(17)20(22)24-16-11-5-2-6-12-16/h1,3-4,7-10,13-14,16H,2,5-6,11-12H2. The van der Waals surface area contributed by atoms with Crippen LogP contribution in [0.4, 0.5) is 0 Å². The Morgan fingerprint density at radius 1 is 0.750 bits per heavy atom. The monoisotopic (exact) mass is 324 g/mol. The van der Waals surface area contributed by atoms with Crippen LogP contribution in [-0.2, 0) is 4.74 Å². The number of hydrogen-bond acceptors (Lipinski definition) is 4. The van der Waals surface area contributed by atoms with Crippen LogP contribution in [0.25, 0.3) is 0 Å². The van der Waals surface area contributed by atoms with E-state index < -0.39 is 11.9 Å². The van der Waals surface area contributed by atoms with E-state index in [0.29, 0.717) is 5.75 Å². The summed E-state index contributed by atoms with van der Waals surface area (Å²) in [7, 11) is 0. The Hall–Kier alpha value is -2.62. The van der Waals surface area contributed by atoms with Gasteiger partial charge in [0.1, 0.15) is 11.9 Å². The van der Waals surface area contributed by atoms with Crippen LogP contribution < -0.4 is 4.74 Å². The van der Waals surface area contributed by atoms with Gasteiger partial charge in [-0.05, 0) is 49.9 Å². The van der Waals surface area contributed by atoms with Crippen LogP contribution in [0.15, 0.2) is 54.6 Å². The zero-order chi connectivity index (χ0) is 16.8. The van der Waals surface area contributed by atoms with Gasteiger partial charge in [0.15, 0.2) is 0 Å². The van der Waals surface area contributed by atoms with E-state index in [2.05, 4.69) is 0 Å². The van der Waals surface area contributed by atoms with Gasteiger partial charge in [-0.25, -0.2) is 9.59 Å². The van der Waals surface area contributed by atoms with Crippen molar-refractivity contribution in [1.29, 1.82) is 0 Å². The molecule has 0 aromatic heterocycles. The molecule has 0 saturated heterocycles. The van der Waals surface area contributed by atoms with Crippen molar-refractivity contribution >= 4 is 11.9 Å². The maximum Gasteiger partial charge on any atom is 0.344 e. The van der Waals surface area contributed by atoms with E-state index in [-0.39, 0.29) is 17.2 Å². The third kappa shape index (κ3) is 4.02. The fourth-order valence-electron chi connectivity index (χ4n) is 2.89. The first-order valence-electron chi connectivity index (χ1n) is 8.31. The molecule has 1 fully saturated rings. The molecule has 4 heteroatoms. The second-order valence-electron chi connectivity index (χ2n) is 5.91. The molecule has 1 saturated carbocycles. The third-order valence-electron chi connectivity index (χ3n) is 4.15. The second-order valence-corrected chi connectivity index (χ2v) is 5.91. The topological polar surface area (TPSA) is 52.6 Å². The van der Waals surface area contributed by atoms with Crippen molar-refractivity contribution in [1.82, 2.24) is 0 Å². The fraction of sp³-hybridized carbons (Fsp3) is 0.300. The second kappa shape index (κ2) is 7.77. The van der Waals surface area contributed by atoms with Crippen molar-refractivity contribution in [3.05, 3.63) is 65.7 Å². The number of esters is 2. The van der Waals surface area contributed by atoms with Crippen LogP contribution in [-0.4, -0.2) is 18.0 Å². The minimum Gasteiger partial charge on any atom is -0.459 e. The molecule has 0 radical (unpaired) electrons. The molecule has 1 aliphatic rings. The van der Waals surface area contributed by atoms with Crippen molar-refractivity contribution in [3.63, 3.8) is 0 Å². The first-order valence-corrected chi connectivity index (χ1v) is 8.31. The van der Waals surface area contributed by atoms with Crippen molar-refractivity contribution in [2.24, 2.45) is 0 Å². The Morgan fingerprint density at radius 3 is 2.00 bits per heavy atom. The van der Waals surface area contributed by atoms with Gasteiger partial charge in [0.2, 0.25) is 0 Å². The van der Waals surface area contributed by atoms with Crippen molar-refractivity contribution in [2.45, 2.75) is 38.2 Å². The first-order chi connectivity index (χ1) is 11.7. The van der Waals surface area contributed by atoms with E-state index in [1.165, 1.54) is 6.42 Å². The summed E-state index contributed by atoms with van der Waals surface area (Å²) < 4.78 is 10.9. The van der Waals surface area contributed by atoms with Crippen molar-refractivity contribution in [3.8, 4) is 5.75 Å². The molecule has 124 valence electrons. The highest BCUT2D eigenvalue weighted by molar-refractivity contribution is 6.03. The summed E-state index contributed by atoms with van der Waals surface area (Å²) in [6, 6.07) is 15.4. The van der Waals surface area contributed by atoms with E-state index in [1.54, 1.807) is 48.5 Å². The highest BCUT2D eigenvalue weighted by atomic mass is 16.5. The molecule has 2 aromatic rings. The molecule has 0 N–H and O–H groups in total. The fourth-order valence-corrected chi connectivity index (χ4v) is 2.89. The number of carbonyl (C=O) groups is 2. The van der Waals surface area contributed by atoms with Gasteiger partial charge in [0, 0.05) is 0 Å². The Kier molecular flexibility index (Phi) is 5.26. The minimum atomic E-state index is -0.558. The summed E-state index contributed by atoms with van der Waals surface area (Å²) in [5, 5.41) is 0. The number of ether oxygens (including phenoxy) is 2. The molecular weight excluding hydrogens is 304 g/mol. The average molecular weight is 324 g/mol. The molecule has 0 heterocycles. The molecule has 0 unspecified atom stereocenters. The number of carbonyl (C=O) groups excluding carboxylic acids is 2. The quantitative estimate of drug-likeness (QED) is 0.618. The lowest BCUT2D eigenvalue weighted by molar-refractivity contribution is 0.0207. The maximum absolute atomic E-state index is 12.5. The minimum absolute atomic E-state index is 0.0514. The Morgan fingerprint density at radius 2 is 1.33 bits per heavy atom. The van der Waals surface area contributed by atoms with E-state index in [1.807, 2.05) is 6.07 Å². The molecule has 0 amide bonds. The molecule has 0 spiro atoms. The third-order valence-corrected chi connectivity index (χ3v) is 4.15. The summed E-state index contributed by atoms with van der Waals surface area (Å²) in [6.07, 6.45) is 5.08. The highest BCUT2D eigenvalue weighted by Gasteiger charge is 2.23. The summed E-state index contributed by atoms with van der Waals surface area (Å²) in [4.78, 5) is 24.9. The van der Waals surface area contributed by atoms with Gasteiger partial charge in [-0.1, -0.05) is 36.8 Å². The smallest absolute Gasteiger partial charge is 0.344 e. The number of rotatable bonds is 4. The number of hydrogen-bond donors (Lipinski definition) is 0.